The van der Waals surface area contributed by atoms with E-state index in [-0.39, 0.29) is 17.3 Å². The predicted molar refractivity (Wildman–Crippen MR) is 75.0 cm³/mol. The third kappa shape index (κ3) is 2.89. The average molecular weight is 348 g/mol. The molecule has 2 rings (SSSR count). The highest BCUT2D eigenvalue weighted by molar-refractivity contribution is 9.10. The third-order valence-electron chi connectivity index (χ3n) is 2.15. The molecule has 96 valence electrons. The van der Waals surface area contributed by atoms with Crippen LogP contribution in [0.3, 0.4) is 0 Å². The quantitative estimate of drug-likeness (QED) is 0.887. The van der Waals surface area contributed by atoms with Gasteiger partial charge in [0.1, 0.15) is 10.7 Å². The Balaban J connectivity index is 2.30. The lowest BCUT2D eigenvalue weighted by Gasteiger charge is -2.07. The summed E-state index contributed by atoms with van der Waals surface area (Å²) in [5, 5.41) is 1.70. The summed E-state index contributed by atoms with van der Waals surface area (Å²) in [5.74, 6) is 0.271. The van der Waals surface area contributed by atoms with E-state index in [2.05, 4.69) is 25.6 Å². The molecule has 0 aliphatic rings. The summed E-state index contributed by atoms with van der Waals surface area (Å²) >= 11 is 4.55. The van der Waals surface area contributed by atoms with Crippen LogP contribution < -0.4 is 10.5 Å². The van der Waals surface area contributed by atoms with Gasteiger partial charge in [0, 0.05) is 22.1 Å². The Morgan fingerprint density at radius 2 is 2.17 bits per heavy atom. The van der Waals surface area contributed by atoms with E-state index < -0.39 is 10.0 Å². The van der Waals surface area contributed by atoms with Crippen molar-refractivity contribution in [1.82, 2.24) is 4.98 Å². The molecule has 18 heavy (non-hydrogen) atoms. The van der Waals surface area contributed by atoms with Crippen molar-refractivity contribution in [1.29, 1.82) is 0 Å². The zero-order valence-electron chi connectivity index (χ0n) is 9.13. The number of nitrogens with zero attached hydrogens (tertiary/aromatic N) is 1. The van der Waals surface area contributed by atoms with E-state index >= 15 is 0 Å². The van der Waals surface area contributed by atoms with Gasteiger partial charge >= 0.3 is 0 Å². The smallest absolute Gasteiger partial charge is 0.264 e. The molecular formula is C10H10BrN3O2S2. The lowest BCUT2D eigenvalue weighted by molar-refractivity contribution is 0.600. The molecular weight excluding hydrogens is 338 g/mol. The molecule has 0 spiro atoms. The van der Waals surface area contributed by atoms with Gasteiger partial charge in [0.15, 0.2) is 0 Å². The third-order valence-corrected chi connectivity index (χ3v) is 5.13. The summed E-state index contributed by atoms with van der Waals surface area (Å²) in [7, 11) is -3.62. The maximum atomic E-state index is 12.1. The Morgan fingerprint density at radius 1 is 1.39 bits per heavy atom. The van der Waals surface area contributed by atoms with Crippen LogP contribution in [0, 0.1) is 0 Å². The topological polar surface area (TPSA) is 85.1 Å². The fourth-order valence-electron chi connectivity index (χ4n) is 1.35. The minimum atomic E-state index is -3.62. The molecule has 0 aliphatic heterocycles. The van der Waals surface area contributed by atoms with Crippen molar-refractivity contribution in [3.05, 3.63) is 39.1 Å². The van der Waals surface area contributed by atoms with Crippen LogP contribution in [0.2, 0.25) is 0 Å². The van der Waals surface area contributed by atoms with Crippen molar-refractivity contribution in [3.8, 4) is 0 Å². The maximum absolute atomic E-state index is 12.1. The van der Waals surface area contributed by atoms with Crippen LogP contribution in [-0.2, 0) is 16.6 Å². The lowest BCUT2D eigenvalue weighted by Crippen LogP contribution is -2.15. The molecule has 0 bridgehead atoms. The fraction of sp³-hybridized carbons (Fsp3) is 0.100. The van der Waals surface area contributed by atoms with E-state index in [9.17, 15) is 8.42 Å². The molecule has 0 aliphatic carbocycles. The normalized spacial score (nSPS) is 11.4. The molecule has 0 saturated heterocycles. The van der Waals surface area contributed by atoms with Crippen LogP contribution in [0.25, 0.3) is 0 Å². The van der Waals surface area contributed by atoms with Crippen molar-refractivity contribution in [3.63, 3.8) is 0 Å². The molecule has 0 radical (unpaired) electrons. The number of nitrogens with two attached hydrogens (primary N) is 1. The zero-order valence-corrected chi connectivity index (χ0v) is 12.3. The molecule has 0 saturated carbocycles. The Labute approximate surface area is 117 Å². The Hall–Kier alpha value is -0.960. The van der Waals surface area contributed by atoms with Crippen molar-refractivity contribution in [2.45, 2.75) is 11.4 Å². The first kappa shape index (κ1) is 13.5. The number of anilines is 1. The van der Waals surface area contributed by atoms with E-state index in [0.717, 1.165) is 4.47 Å². The molecule has 2 aromatic rings. The molecule has 0 atom stereocenters. The number of hydrogen-bond donors (Lipinski definition) is 2. The maximum Gasteiger partial charge on any atom is 0.264 e. The van der Waals surface area contributed by atoms with Gasteiger partial charge in [0.05, 0.1) is 0 Å². The number of nitrogens with one attached hydrogen (secondary N) is 1. The van der Waals surface area contributed by atoms with E-state index in [1.54, 1.807) is 17.5 Å². The van der Waals surface area contributed by atoms with Crippen molar-refractivity contribution in [2.24, 2.45) is 5.73 Å². The SMILES string of the molecule is NCc1sccc1S(=O)(=O)Nc1ccc(Br)cn1. The van der Waals surface area contributed by atoms with Gasteiger partial charge in [-0.25, -0.2) is 13.4 Å². The van der Waals surface area contributed by atoms with Gasteiger partial charge in [-0.15, -0.1) is 11.3 Å². The molecule has 0 amide bonds. The highest BCUT2D eigenvalue weighted by Crippen LogP contribution is 2.23. The predicted octanol–water partition coefficient (Wildman–Crippen LogP) is 2.17. The first-order valence-corrected chi connectivity index (χ1v) is 8.09. The molecule has 2 aromatic heterocycles. The molecule has 2 heterocycles. The second-order valence-electron chi connectivity index (χ2n) is 3.38. The van der Waals surface area contributed by atoms with Crippen molar-refractivity contribution < 1.29 is 8.42 Å². The Kier molecular flexibility index (Phi) is 4.00. The summed E-state index contributed by atoms with van der Waals surface area (Å²) in [4.78, 5) is 4.80. The van der Waals surface area contributed by atoms with Gasteiger partial charge < -0.3 is 5.73 Å². The van der Waals surface area contributed by atoms with E-state index in [1.807, 2.05) is 0 Å². The summed E-state index contributed by atoms with van der Waals surface area (Å²) in [5.41, 5.74) is 5.50. The largest absolute Gasteiger partial charge is 0.326 e. The van der Waals surface area contributed by atoms with E-state index in [1.165, 1.54) is 23.6 Å². The van der Waals surface area contributed by atoms with Crippen molar-refractivity contribution >= 4 is 43.1 Å². The standard InChI is InChI=1S/C10H10BrN3O2S2/c11-7-1-2-10(13-6-7)14-18(15,16)9-3-4-17-8(9)5-12/h1-4,6H,5,12H2,(H,13,14). The first-order valence-electron chi connectivity index (χ1n) is 4.94. The number of thiophene rings is 1. The fourth-order valence-corrected chi connectivity index (χ4v) is 3.93. The molecule has 5 nitrogen and oxygen atoms in total. The second-order valence-corrected chi connectivity index (χ2v) is 6.95. The minimum Gasteiger partial charge on any atom is -0.326 e. The first-order chi connectivity index (χ1) is 8.53. The van der Waals surface area contributed by atoms with E-state index in [0.29, 0.717) is 4.88 Å². The summed E-state index contributed by atoms with van der Waals surface area (Å²) in [6.45, 7) is 0.196. The van der Waals surface area contributed by atoms with E-state index in [4.69, 9.17) is 5.73 Å². The molecule has 0 fully saturated rings. The molecule has 8 heteroatoms. The number of aromatic nitrogens is 1. The van der Waals surface area contributed by atoms with Crippen LogP contribution in [0.15, 0.2) is 39.1 Å². The van der Waals surface area contributed by atoms with Crippen molar-refractivity contribution in [2.75, 3.05) is 4.72 Å². The van der Waals surface area contributed by atoms with Gasteiger partial charge in [0.25, 0.3) is 10.0 Å². The molecule has 0 aromatic carbocycles. The monoisotopic (exact) mass is 347 g/mol. The van der Waals surface area contributed by atoms with Crippen LogP contribution in [0.1, 0.15) is 4.88 Å². The Bertz CT molecular complexity index is 637. The summed E-state index contributed by atoms with van der Waals surface area (Å²) in [6, 6.07) is 4.83. The average Bonchev–Trinajstić information content (AvgIpc) is 2.81. The molecule has 0 unspecified atom stereocenters. The van der Waals surface area contributed by atoms with Crippen LogP contribution in [0.5, 0.6) is 0 Å². The second kappa shape index (κ2) is 5.35. The number of hydrogen-bond acceptors (Lipinski definition) is 5. The highest BCUT2D eigenvalue weighted by Gasteiger charge is 2.19. The van der Waals surface area contributed by atoms with Crippen LogP contribution >= 0.6 is 27.3 Å². The van der Waals surface area contributed by atoms with Crippen LogP contribution in [0.4, 0.5) is 5.82 Å². The number of halogens is 1. The van der Waals surface area contributed by atoms with Crippen LogP contribution in [-0.4, -0.2) is 13.4 Å². The lowest BCUT2D eigenvalue weighted by atomic mass is 10.5. The molecule has 3 N–H and O–H groups in total. The van der Waals surface area contributed by atoms with Gasteiger partial charge in [-0.3, -0.25) is 4.72 Å². The van der Waals surface area contributed by atoms with Gasteiger partial charge in [0.2, 0.25) is 0 Å². The van der Waals surface area contributed by atoms with Gasteiger partial charge in [-0.2, -0.15) is 0 Å². The summed E-state index contributed by atoms with van der Waals surface area (Å²) in [6.07, 6.45) is 1.52. The highest BCUT2D eigenvalue weighted by atomic mass is 79.9. The summed E-state index contributed by atoms with van der Waals surface area (Å²) < 4.78 is 27.4. The van der Waals surface area contributed by atoms with Gasteiger partial charge in [-0.1, -0.05) is 0 Å². The number of rotatable bonds is 4. The minimum absolute atomic E-state index is 0.196. The number of pyridine rings is 1. The zero-order chi connectivity index (χ0) is 13.2. The van der Waals surface area contributed by atoms with Gasteiger partial charge in [-0.05, 0) is 39.5 Å². The Morgan fingerprint density at radius 3 is 2.78 bits per heavy atom. The number of sulfonamides is 1.